The highest BCUT2D eigenvalue weighted by Crippen LogP contribution is 2.42. The smallest absolute Gasteiger partial charge is 0.233 e. The Kier molecular flexibility index (Phi) is 5.70. The first kappa shape index (κ1) is 20.3. The van der Waals surface area contributed by atoms with Crippen molar-refractivity contribution in [2.45, 2.75) is 58.2 Å². The summed E-state index contributed by atoms with van der Waals surface area (Å²) in [6, 6.07) is 8.71. The first-order valence-electron chi connectivity index (χ1n) is 10.4. The fourth-order valence-electron chi connectivity index (χ4n) is 4.32. The van der Waals surface area contributed by atoms with Crippen molar-refractivity contribution in [1.29, 1.82) is 0 Å². The molecule has 6 nitrogen and oxygen atoms in total. The zero-order valence-corrected chi connectivity index (χ0v) is 17.3. The van der Waals surface area contributed by atoms with Gasteiger partial charge in [-0.05, 0) is 49.3 Å². The first-order chi connectivity index (χ1) is 14.5. The summed E-state index contributed by atoms with van der Waals surface area (Å²) in [6.07, 6.45) is 7.89. The van der Waals surface area contributed by atoms with E-state index < -0.39 is 12.3 Å². The Balaban J connectivity index is 1.48. The van der Waals surface area contributed by atoms with Gasteiger partial charge in [0, 0.05) is 30.1 Å². The molecule has 0 bridgehead atoms. The van der Waals surface area contributed by atoms with Crippen molar-refractivity contribution in [1.82, 2.24) is 19.7 Å². The second-order valence-corrected chi connectivity index (χ2v) is 8.40. The fraction of sp³-hybridized carbons (Fsp3) is 0.435. The lowest BCUT2D eigenvalue weighted by atomic mass is 9.71. The predicted molar refractivity (Wildman–Crippen MR) is 112 cm³/mol. The van der Waals surface area contributed by atoms with Gasteiger partial charge in [0.25, 0.3) is 0 Å². The fourth-order valence-corrected chi connectivity index (χ4v) is 4.32. The Hall–Kier alpha value is -2.96. The van der Waals surface area contributed by atoms with Crippen LogP contribution in [0.4, 0.5) is 4.39 Å². The van der Waals surface area contributed by atoms with Gasteiger partial charge in [0.1, 0.15) is 18.0 Å². The number of phenolic OH excluding ortho intramolecular Hbond substituents is 1. The van der Waals surface area contributed by atoms with Gasteiger partial charge in [-0.25, -0.2) is 9.37 Å². The minimum Gasteiger partial charge on any atom is -0.507 e. The van der Waals surface area contributed by atoms with Gasteiger partial charge in [-0.1, -0.05) is 20.3 Å². The molecule has 1 aliphatic carbocycles. The molecule has 0 amide bonds. The van der Waals surface area contributed by atoms with E-state index in [9.17, 15) is 9.50 Å². The summed E-state index contributed by atoms with van der Waals surface area (Å²) in [5.74, 6) is 0.400. The third-order valence-corrected chi connectivity index (χ3v) is 5.95. The maximum Gasteiger partial charge on any atom is 0.233 e. The van der Waals surface area contributed by atoms with Crippen molar-refractivity contribution in [3.05, 3.63) is 49.1 Å². The van der Waals surface area contributed by atoms with Crippen LogP contribution in [0.25, 0.3) is 16.9 Å². The van der Waals surface area contributed by atoms with E-state index in [2.05, 4.69) is 29.0 Å². The Morgan fingerprint density at radius 1 is 1.27 bits per heavy atom. The van der Waals surface area contributed by atoms with Crippen molar-refractivity contribution in [3.8, 4) is 28.6 Å². The molecule has 0 spiro atoms. The quantitative estimate of drug-likeness (QED) is 0.611. The zero-order chi connectivity index (χ0) is 21.1. The molecule has 4 rings (SSSR count). The van der Waals surface area contributed by atoms with E-state index >= 15 is 0 Å². The van der Waals surface area contributed by atoms with Gasteiger partial charge in [0.05, 0.1) is 17.7 Å². The molecule has 1 saturated carbocycles. The summed E-state index contributed by atoms with van der Waals surface area (Å²) in [6.45, 7) is 4.37. The summed E-state index contributed by atoms with van der Waals surface area (Å²) in [5, 5.41) is 18.7. The lowest BCUT2D eigenvalue weighted by molar-refractivity contribution is 0.000542. The SMILES string of the molecule is CCC[C@]1(C)CC[C@@H](F)[C@H](Oc2ccc(-c3ccc(-n4ccnc4)cc3O)nn2)C1. The van der Waals surface area contributed by atoms with Crippen molar-refractivity contribution in [2.24, 2.45) is 5.41 Å². The van der Waals surface area contributed by atoms with Gasteiger partial charge in [-0.15, -0.1) is 10.2 Å². The molecule has 30 heavy (non-hydrogen) atoms. The zero-order valence-electron chi connectivity index (χ0n) is 17.3. The van der Waals surface area contributed by atoms with Gasteiger partial charge in [0.15, 0.2) is 0 Å². The van der Waals surface area contributed by atoms with E-state index in [0.29, 0.717) is 30.0 Å². The molecular weight excluding hydrogens is 383 g/mol. The van der Waals surface area contributed by atoms with Crippen LogP contribution >= 0.6 is 0 Å². The van der Waals surface area contributed by atoms with E-state index in [4.69, 9.17) is 4.74 Å². The van der Waals surface area contributed by atoms with Crippen LogP contribution in [0.3, 0.4) is 0 Å². The van der Waals surface area contributed by atoms with Crippen molar-refractivity contribution in [2.75, 3.05) is 0 Å². The Morgan fingerprint density at radius 3 is 2.80 bits per heavy atom. The second-order valence-electron chi connectivity index (χ2n) is 8.40. The Bertz CT molecular complexity index is 977. The number of phenols is 1. The van der Waals surface area contributed by atoms with Gasteiger partial charge < -0.3 is 14.4 Å². The highest BCUT2D eigenvalue weighted by molar-refractivity contribution is 5.68. The van der Waals surface area contributed by atoms with E-state index in [1.54, 1.807) is 47.6 Å². The van der Waals surface area contributed by atoms with Gasteiger partial charge in [-0.3, -0.25) is 0 Å². The highest BCUT2D eigenvalue weighted by atomic mass is 19.1. The van der Waals surface area contributed by atoms with Crippen LogP contribution in [0.5, 0.6) is 11.6 Å². The van der Waals surface area contributed by atoms with Gasteiger partial charge >= 0.3 is 0 Å². The lowest BCUT2D eigenvalue weighted by Gasteiger charge is -2.39. The summed E-state index contributed by atoms with van der Waals surface area (Å²) in [7, 11) is 0. The second kappa shape index (κ2) is 8.42. The molecule has 1 fully saturated rings. The number of nitrogens with zero attached hydrogens (tertiary/aromatic N) is 4. The molecule has 1 aromatic carbocycles. The molecule has 158 valence electrons. The van der Waals surface area contributed by atoms with E-state index in [1.165, 1.54) is 0 Å². The molecule has 1 N–H and O–H groups in total. The van der Waals surface area contributed by atoms with E-state index in [-0.39, 0.29) is 11.2 Å². The minimum absolute atomic E-state index is 0.0932. The monoisotopic (exact) mass is 410 g/mol. The Morgan fingerprint density at radius 2 is 2.13 bits per heavy atom. The number of aromatic nitrogens is 4. The summed E-state index contributed by atoms with van der Waals surface area (Å²) in [4.78, 5) is 4.01. The third kappa shape index (κ3) is 4.30. The molecule has 0 unspecified atom stereocenters. The molecule has 1 aliphatic rings. The van der Waals surface area contributed by atoms with Crippen LogP contribution in [0.1, 0.15) is 46.0 Å². The minimum atomic E-state index is -0.990. The van der Waals surface area contributed by atoms with Crippen LogP contribution in [0.2, 0.25) is 0 Å². The topological polar surface area (TPSA) is 73.1 Å². The van der Waals surface area contributed by atoms with E-state index in [1.807, 2.05) is 6.07 Å². The van der Waals surface area contributed by atoms with Crippen molar-refractivity contribution < 1.29 is 14.2 Å². The van der Waals surface area contributed by atoms with Crippen LogP contribution in [0.15, 0.2) is 49.1 Å². The molecule has 0 radical (unpaired) electrons. The number of alkyl halides is 1. The number of imidazole rings is 1. The number of benzene rings is 1. The van der Waals surface area contributed by atoms with Gasteiger partial charge in [0.2, 0.25) is 5.88 Å². The number of aromatic hydroxyl groups is 1. The number of halogens is 1. The standard InChI is InChI=1S/C23H27FN4O2/c1-3-9-23(2)10-8-18(24)21(14-23)30-22-7-6-19(26-27-22)17-5-4-16(13-20(17)29)28-12-11-25-15-28/h4-7,11-13,15,18,21,29H,3,8-10,14H2,1-2H3/t18-,21-,23-/m1/s1. The molecule has 0 saturated heterocycles. The summed E-state index contributed by atoms with van der Waals surface area (Å²) in [5.41, 5.74) is 1.99. The molecular formula is C23H27FN4O2. The first-order valence-corrected chi connectivity index (χ1v) is 10.4. The average Bonchev–Trinajstić information content (AvgIpc) is 3.27. The van der Waals surface area contributed by atoms with Crippen LogP contribution in [-0.4, -0.2) is 37.1 Å². The van der Waals surface area contributed by atoms with E-state index in [0.717, 1.165) is 24.9 Å². The predicted octanol–water partition coefficient (Wildman–Crippen LogP) is 5.11. The third-order valence-electron chi connectivity index (χ3n) is 5.95. The molecule has 2 aromatic heterocycles. The molecule has 7 heteroatoms. The Labute approximate surface area is 175 Å². The largest absolute Gasteiger partial charge is 0.507 e. The highest BCUT2D eigenvalue weighted by Gasteiger charge is 2.39. The van der Waals surface area contributed by atoms with Crippen LogP contribution in [0, 0.1) is 5.41 Å². The maximum atomic E-state index is 14.5. The molecule has 3 atom stereocenters. The van der Waals surface area contributed by atoms with Crippen LogP contribution in [-0.2, 0) is 0 Å². The van der Waals surface area contributed by atoms with Crippen LogP contribution < -0.4 is 4.74 Å². The normalized spacial score (nSPS) is 24.0. The number of rotatable bonds is 6. The average molecular weight is 410 g/mol. The number of hydrogen-bond donors (Lipinski definition) is 1. The lowest BCUT2D eigenvalue weighted by Crippen LogP contribution is -2.40. The van der Waals surface area contributed by atoms with Gasteiger partial charge in [-0.2, -0.15) is 0 Å². The summed E-state index contributed by atoms with van der Waals surface area (Å²) < 4.78 is 22.1. The maximum absolute atomic E-state index is 14.5. The molecule has 0 aliphatic heterocycles. The van der Waals surface area contributed by atoms with Crippen molar-refractivity contribution >= 4 is 0 Å². The number of ether oxygens (including phenoxy) is 1. The molecule has 2 heterocycles. The number of hydrogen-bond acceptors (Lipinski definition) is 5. The van der Waals surface area contributed by atoms with Crippen molar-refractivity contribution in [3.63, 3.8) is 0 Å². The summed E-state index contributed by atoms with van der Waals surface area (Å²) >= 11 is 0. The molecule has 3 aromatic rings.